The summed E-state index contributed by atoms with van der Waals surface area (Å²) in [6, 6.07) is 8.09. The molecule has 6 fully saturated rings. The monoisotopic (exact) mass is 664 g/mol. The molecular formula is C40H44N2O7. The first kappa shape index (κ1) is 28.7. The summed E-state index contributed by atoms with van der Waals surface area (Å²) in [5.74, 6) is 3.74. The topological polar surface area (TPSA) is 109 Å². The Labute approximate surface area is 285 Å². The maximum atomic E-state index is 13.7. The highest BCUT2D eigenvalue weighted by Crippen LogP contribution is 2.68. The molecule has 4 heterocycles. The van der Waals surface area contributed by atoms with Crippen molar-refractivity contribution in [2.75, 3.05) is 26.2 Å². The van der Waals surface area contributed by atoms with Crippen molar-refractivity contribution in [1.29, 1.82) is 0 Å². The lowest BCUT2D eigenvalue weighted by Crippen LogP contribution is -2.76. The number of benzene rings is 2. The van der Waals surface area contributed by atoms with Crippen molar-refractivity contribution in [3.05, 3.63) is 46.5 Å². The normalized spacial score (nSPS) is 42.3. The van der Waals surface area contributed by atoms with Crippen molar-refractivity contribution in [3.63, 3.8) is 0 Å². The van der Waals surface area contributed by atoms with Gasteiger partial charge in [0.15, 0.2) is 46.8 Å². The summed E-state index contributed by atoms with van der Waals surface area (Å²) in [5, 5.41) is 25.5. The second-order valence-corrected chi connectivity index (χ2v) is 17.5. The largest absolute Gasteiger partial charge is 0.477 e. The maximum Gasteiger partial charge on any atom is 0.174 e. The van der Waals surface area contributed by atoms with E-state index in [9.17, 15) is 19.8 Å². The number of Topliss-reactive ketones (excluding diaryl/α,β-unsaturated/α-hetero) is 2. The van der Waals surface area contributed by atoms with Gasteiger partial charge in [-0.3, -0.25) is 19.4 Å². The number of ketones is 2. The Balaban J connectivity index is 0.967. The molecular weight excluding hydrogens is 620 g/mol. The average molecular weight is 665 g/mol. The first-order valence-electron chi connectivity index (χ1n) is 19.1. The molecule has 2 aromatic carbocycles. The predicted molar refractivity (Wildman–Crippen MR) is 176 cm³/mol. The van der Waals surface area contributed by atoms with Gasteiger partial charge in [0.25, 0.3) is 0 Å². The van der Waals surface area contributed by atoms with E-state index in [1.165, 1.54) is 25.7 Å². The lowest BCUT2D eigenvalue weighted by Gasteiger charge is -2.62. The van der Waals surface area contributed by atoms with Crippen LogP contribution in [0.5, 0.6) is 23.0 Å². The highest BCUT2D eigenvalue weighted by atomic mass is 16.6. The van der Waals surface area contributed by atoms with Crippen molar-refractivity contribution < 1.29 is 34.0 Å². The Morgan fingerprint density at radius 2 is 1.12 bits per heavy atom. The minimum absolute atomic E-state index is 0.0283. The van der Waals surface area contributed by atoms with E-state index in [-0.39, 0.29) is 23.7 Å². The lowest BCUT2D eigenvalue weighted by atomic mass is 9.49. The molecule has 4 bridgehead atoms. The third-order valence-electron chi connectivity index (χ3n) is 15.3. The van der Waals surface area contributed by atoms with E-state index in [4.69, 9.17) is 14.2 Å². The zero-order valence-corrected chi connectivity index (χ0v) is 27.9. The first-order chi connectivity index (χ1) is 23.7. The molecule has 4 saturated carbocycles. The first-order valence-corrected chi connectivity index (χ1v) is 19.1. The number of hydrogen-bond donors (Lipinski definition) is 2. The van der Waals surface area contributed by atoms with Gasteiger partial charge in [-0.05, 0) is 112 Å². The average Bonchev–Trinajstić information content (AvgIpc) is 4.01. The van der Waals surface area contributed by atoms with Crippen molar-refractivity contribution in [3.8, 4) is 23.0 Å². The van der Waals surface area contributed by atoms with E-state index in [0.717, 1.165) is 73.1 Å². The van der Waals surface area contributed by atoms with Crippen LogP contribution in [0.2, 0.25) is 0 Å². The predicted octanol–water partition coefficient (Wildman–Crippen LogP) is 3.75. The minimum atomic E-state index is -1.04. The fourth-order valence-electron chi connectivity index (χ4n) is 12.8. The van der Waals surface area contributed by atoms with Crippen LogP contribution in [0.3, 0.4) is 0 Å². The van der Waals surface area contributed by atoms with Crippen LogP contribution in [-0.4, -0.2) is 93.3 Å². The van der Waals surface area contributed by atoms with Gasteiger partial charge in [-0.25, -0.2) is 0 Å². The number of likely N-dealkylation sites (tertiary alicyclic amines) is 2. The summed E-state index contributed by atoms with van der Waals surface area (Å²) in [4.78, 5) is 32.3. The fourth-order valence-corrected chi connectivity index (χ4v) is 12.8. The van der Waals surface area contributed by atoms with Gasteiger partial charge < -0.3 is 24.4 Å². The smallest absolute Gasteiger partial charge is 0.174 e. The van der Waals surface area contributed by atoms with Crippen molar-refractivity contribution >= 4 is 11.6 Å². The number of ether oxygens (including phenoxy) is 3. The van der Waals surface area contributed by atoms with Crippen LogP contribution in [0.4, 0.5) is 0 Å². The molecule has 0 radical (unpaired) electrons. The van der Waals surface area contributed by atoms with E-state index in [2.05, 4.69) is 21.9 Å². The summed E-state index contributed by atoms with van der Waals surface area (Å²) in [7, 11) is 0. The van der Waals surface area contributed by atoms with Crippen molar-refractivity contribution in [2.45, 2.75) is 123 Å². The van der Waals surface area contributed by atoms with Gasteiger partial charge in [0.05, 0.1) is 22.0 Å². The van der Waals surface area contributed by atoms with E-state index >= 15 is 0 Å². The second-order valence-electron chi connectivity index (χ2n) is 17.5. The molecule has 2 spiro atoms. The fraction of sp³-hybridized carbons (Fsp3) is 0.650. The van der Waals surface area contributed by atoms with E-state index < -0.39 is 34.2 Å². The van der Waals surface area contributed by atoms with Crippen LogP contribution in [0, 0.1) is 11.8 Å². The van der Waals surface area contributed by atoms with E-state index in [1.807, 2.05) is 12.1 Å². The Kier molecular flexibility index (Phi) is 5.32. The molecule has 9 nitrogen and oxygen atoms in total. The molecule has 49 heavy (non-hydrogen) atoms. The Hall–Kier alpha value is -2.98. The highest BCUT2D eigenvalue weighted by Gasteiger charge is 2.75. The second kappa shape index (κ2) is 9.08. The summed E-state index contributed by atoms with van der Waals surface area (Å²) >= 11 is 0. The summed E-state index contributed by atoms with van der Waals surface area (Å²) < 4.78 is 20.2. The third kappa shape index (κ3) is 3.29. The minimum Gasteiger partial charge on any atom is -0.477 e. The zero-order chi connectivity index (χ0) is 32.7. The van der Waals surface area contributed by atoms with Gasteiger partial charge in [0.2, 0.25) is 0 Å². The SMILES string of the molecule is O=C1CC[C@@]2(O)[C@H]3Cc4ccc(Oc5ccc6c7c5O[C@H]5C(=O)CC[C@@]8(O)[C@@H](C6)N(CC6CC6)CC[C@]758)c5c4[C@@]2(CCN3CC2CC2)[C@H]1O5. The zero-order valence-electron chi connectivity index (χ0n) is 27.9. The van der Waals surface area contributed by atoms with Crippen LogP contribution in [0.15, 0.2) is 24.3 Å². The number of piperidine rings is 2. The molecule has 2 N–H and O–H groups in total. The molecule has 256 valence electrons. The number of aliphatic hydroxyl groups is 2. The van der Waals surface area contributed by atoms with Crippen LogP contribution >= 0.6 is 0 Å². The van der Waals surface area contributed by atoms with Gasteiger partial charge in [-0.15, -0.1) is 0 Å². The van der Waals surface area contributed by atoms with Gasteiger partial charge in [0.1, 0.15) is 0 Å². The van der Waals surface area contributed by atoms with Gasteiger partial charge in [-0.1, -0.05) is 12.1 Å². The molecule has 0 unspecified atom stereocenters. The summed E-state index contributed by atoms with van der Waals surface area (Å²) in [6.07, 6.45) is 8.00. The standard InChI is InChI=1S/C40H44N2O7/c43-25-9-11-39(45)29-17-23-5-7-27(33-31(23)37(39,35(25)48-33)13-15-41(29)19-21-1-2-21)47-28-8-6-24-18-30-40(46)12-10-26(44)36-38(40,32(24)34(28)49-36)14-16-42(30)20-22-3-4-22/h5-8,21-22,29-30,35-36,45-46H,1-4,9-20H2/t29-,30-,35+,36+,37+,38+,39-,40-/m1/s1. The third-order valence-corrected chi connectivity index (χ3v) is 15.3. The quantitative estimate of drug-likeness (QED) is 0.478. The Morgan fingerprint density at radius 3 is 1.55 bits per heavy atom. The van der Waals surface area contributed by atoms with Gasteiger partial charge in [-0.2, -0.15) is 0 Å². The van der Waals surface area contributed by atoms with Crippen molar-refractivity contribution in [2.24, 2.45) is 11.8 Å². The number of carbonyl (C=O) groups excluding carboxylic acids is 2. The van der Waals surface area contributed by atoms with Crippen molar-refractivity contribution in [1.82, 2.24) is 9.80 Å². The van der Waals surface area contributed by atoms with Crippen LogP contribution < -0.4 is 14.2 Å². The van der Waals surface area contributed by atoms with Crippen LogP contribution in [0.25, 0.3) is 0 Å². The molecule has 2 saturated heterocycles. The molecule has 12 rings (SSSR count). The Bertz CT molecular complexity index is 1750. The summed E-state index contributed by atoms with van der Waals surface area (Å²) in [6.45, 7) is 3.74. The molecule has 10 aliphatic rings. The highest BCUT2D eigenvalue weighted by molar-refractivity contribution is 5.91. The van der Waals surface area contributed by atoms with Gasteiger partial charge >= 0.3 is 0 Å². The molecule has 0 aromatic heterocycles. The van der Waals surface area contributed by atoms with E-state index in [0.29, 0.717) is 61.5 Å². The number of hydrogen-bond acceptors (Lipinski definition) is 9. The van der Waals surface area contributed by atoms with Gasteiger partial charge in [0, 0.05) is 49.1 Å². The molecule has 2 aromatic rings. The number of rotatable bonds is 6. The maximum absolute atomic E-state index is 13.7. The molecule has 0 amide bonds. The number of carbonyl (C=O) groups is 2. The van der Waals surface area contributed by atoms with E-state index in [1.54, 1.807) is 0 Å². The molecule has 6 aliphatic carbocycles. The Morgan fingerprint density at radius 1 is 0.673 bits per heavy atom. The molecule has 9 heteroatoms. The summed E-state index contributed by atoms with van der Waals surface area (Å²) in [5.41, 5.74) is 0.580. The molecule has 8 atom stereocenters. The number of nitrogens with zero attached hydrogens (tertiary/aromatic N) is 2. The van der Waals surface area contributed by atoms with Crippen LogP contribution in [-0.2, 0) is 33.3 Å². The molecule has 4 aliphatic heterocycles. The van der Waals surface area contributed by atoms with Crippen LogP contribution in [0.1, 0.15) is 86.5 Å². The lowest BCUT2D eigenvalue weighted by molar-refractivity contribution is -0.188.